The Hall–Kier alpha value is -0.830. The monoisotopic (exact) mass is 267 g/mol. The standard InChI is InChI=1S/C12H14BrNO/c1-8-12(2,7-11(15)14-8)9-5-3-4-6-10(9)13/h3-6,8H,7H2,1-2H3,(H,14,15). The number of hydrogen-bond acceptors (Lipinski definition) is 1. The molecule has 1 heterocycles. The van der Waals surface area contributed by atoms with Crippen molar-refractivity contribution in [2.45, 2.75) is 31.7 Å². The van der Waals surface area contributed by atoms with Gasteiger partial charge in [-0.15, -0.1) is 0 Å². The summed E-state index contributed by atoms with van der Waals surface area (Å²) in [5.74, 6) is 0.140. The highest BCUT2D eigenvalue weighted by atomic mass is 79.9. The second-order valence-electron chi connectivity index (χ2n) is 4.36. The third kappa shape index (κ3) is 1.69. The summed E-state index contributed by atoms with van der Waals surface area (Å²) >= 11 is 3.55. The van der Waals surface area contributed by atoms with Gasteiger partial charge in [-0.05, 0) is 18.6 Å². The van der Waals surface area contributed by atoms with E-state index in [2.05, 4.69) is 41.2 Å². The summed E-state index contributed by atoms with van der Waals surface area (Å²) in [6.45, 7) is 4.19. The van der Waals surface area contributed by atoms with Crippen LogP contribution in [0.1, 0.15) is 25.8 Å². The van der Waals surface area contributed by atoms with Crippen LogP contribution in [-0.4, -0.2) is 11.9 Å². The van der Waals surface area contributed by atoms with Crippen LogP contribution in [-0.2, 0) is 10.2 Å². The first kappa shape index (κ1) is 10.7. The average Bonchev–Trinajstić information content (AvgIpc) is 2.42. The minimum atomic E-state index is -0.100. The molecule has 2 nitrogen and oxygen atoms in total. The number of carbonyl (C=O) groups excluding carboxylic acids is 1. The molecule has 2 rings (SSSR count). The number of nitrogens with one attached hydrogen (secondary N) is 1. The zero-order valence-corrected chi connectivity index (χ0v) is 10.5. The normalized spacial score (nSPS) is 30.3. The number of rotatable bonds is 1. The van der Waals surface area contributed by atoms with Crippen LogP contribution in [0, 0.1) is 0 Å². The maximum Gasteiger partial charge on any atom is 0.221 e. The first-order chi connectivity index (χ1) is 7.04. The van der Waals surface area contributed by atoms with Gasteiger partial charge in [0.25, 0.3) is 0 Å². The SMILES string of the molecule is CC1NC(=O)CC1(C)c1ccccc1Br. The lowest BCUT2D eigenvalue weighted by Crippen LogP contribution is -2.35. The van der Waals surface area contributed by atoms with Crippen molar-refractivity contribution >= 4 is 21.8 Å². The van der Waals surface area contributed by atoms with E-state index in [-0.39, 0.29) is 17.4 Å². The number of halogens is 1. The van der Waals surface area contributed by atoms with Crippen LogP contribution in [0.25, 0.3) is 0 Å². The Bertz CT molecular complexity index is 404. The molecule has 1 aromatic rings. The molecule has 1 aliphatic rings. The molecule has 15 heavy (non-hydrogen) atoms. The van der Waals surface area contributed by atoms with Crippen LogP contribution >= 0.6 is 15.9 Å². The van der Waals surface area contributed by atoms with Crippen molar-refractivity contribution in [3.8, 4) is 0 Å². The van der Waals surface area contributed by atoms with E-state index in [0.29, 0.717) is 6.42 Å². The van der Waals surface area contributed by atoms with Gasteiger partial charge in [0.15, 0.2) is 0 Å². The Kier molecular flexibility index (Phi) is 2.59. The molecule has 3 heteroatoms. The summed E-state index contributed by atoms with van der Waals surface area (Å²) < 4.78 is 1.08. The zero-order chi connectivity index (χ0) is 11.1. The molecule has 0 bridgehead atoms. The van der Waals surface area contributed by atoms with Gasteiger partial charge in [-0.3, -0.25) is 4.79 Å². The Morgan fingerprint density at radius 2 is 2.13 bits per heavy atom. The molecule has 1 aliphatic heterocycles. The molecular weight excluding hydrogens is 254 g/mol. The van der Waals surface area contributed by atoms with Gasteiger partial charge in [0.05, 0.1) is 0 Å². The van der Waals surface area contributed by atoms with E-state index in [0.717, 1.165) is 4.47 Å². The lowest BCUT2D eigenvalue weighted by atomic mass is 9.77. The van der Waals surface area contributed by atoms with E-state index < -0.39 is 0 Å². The van der Waals surface area contributed by atoms with E-state index in [9.17, 15) is 4.79 Å². The predicted octanol–water partition coefficient (Wildman–Crippen LogP) is 2.62. The average molecular weight is 268 g/mol. The summed E-state index contributed by atoms with van der Waals surface area (Å²) in [7, 11) is 0. The van der Waals surface area contributed by atoms with E-state index in [4.69, 9.17) is 0 Å². The van der Waals surface area contributed by atoms with Crippen molar-refractivity contribution in [3.63, 3.8) is 0 Å². The molecule has 2 atom stereocenters. The van der Waals surface area contributed by atoms with Crippen LogP contribution in [0.2, 0.25) is 0 Å². The molecule has 0 saturated carbocycles. The minimum absolute atomic E-state index is 0.100. The fourth-order valence-corrected chi connectivity index (χ4v) is 2.93. The summed E-state index contributed by atoms with van der Waals surface area (Å²) in [6.07, 6.45) is 0.566. The lowest BCUT2D eigenvalue weighted by molar-refractivity contribution is -0.119. The Morgan fingerprint density at radius 1 is 1.47 bits per heavy atom. The maximum absolute atomic E-state index is 11.4. The summed E-state index contributed by atoms with van der Waals surface area (Å²) in [6, 6.07) is 8.30. The van der Waals surface area contributed by atoms with E-state index in [1.54, 1.807) is 0 Å². The van der Waals surface area contributed by atoms with Gasteiger partial charge in [0.1, 0.15) is 0 Å². The third-order valence-electron chi connectivity index (χ3n) is 3.35. The Morgan fingerprint density at radius 3 is 2.67 bits per heavy atom. The van der Waals surface area contributed by atoms with E-state index >= 15 is 0 Å². The molecule has 1 N–H and O–H groups in total. The molecule has 1 amide bonds. The molecule has 0 spiro atoms. The van der Waals surface area contributed by atoms with Gasteiger partial charge in [-0.1, -0.05) is 41.1 Å². The summed E-state index contributed by atoms with van der Waals surface area (Å²) in [5.41, 5.74) is 1.10. The molecule has 1 aromatic carbocycles. The van der Waals surface area contributed by atoms with Crippen molar-refractivity contribution in [2.75, 3.05) is 0 Å². The molecule has 2 unspecified atom stereocenters. The van der Waals surface area contributed by atoms with Gasteiger partial charge in [-0.2, -0.15) is 0 Å². The number of hydrogen-bond donors (Lipinski definition) is 1. The molecule has 1 saturated heterocycles. The zero-order valence-electron chi connectivity index (χ0n) is 8.88. The largest absolute Gasteiger partial charge is 0.353 e. The fourth-order valence-electron chi connectivity index (χ4n) is 2.19. The quantitative estimate of drug-likeness (QED) is 0.833. The number of amides is 1. The summed E-state index contributed by atoms with van der Waals surface area (Å²) in [4.78, 5) is 11.4. The van der Waals surface area contributed by atoms with Crippen LogP contribution in [0.5, 0.6) is 0 Å². The topological polar surface area (TPSA) is 29.1 Å². The van der Waals surface area contributed by atoms with Crippen molar-refractivity contribution in [1.29, 1.82) is 0 Å². The highest BCUT2D eigenvalue weighted by Gasteiger charge is 2.42. The van der Waals surface area contributed by atoms with Crippen molar-refractivity contribution in [3.05, 3.63) is 34.3 Å². The van der Waals surface area contributed by atoms with Crippen LogP contribution < -0.4 is 5.32 Å². The highest BCUT2D eigenvalue weighted by Crippen LogP contribution is 2.38. The fraction of sp³-hybridized carbons (Fsp3) is 0.417. The van der Waals surface area contributed by atoms with Crippen LogP contribution in [0.4, 0.5) is 0 Å². The highest BCUT2D eigenvalue weighted by molar-refractivity contribution is 9.10. The third-order valence-corrected chi connectivity index (χ3v) is 4.04. The molecule has 0 aliphatic carbocycles. The van der Waals surface area contributed by atoms with Gasteiger partial charge in [-0.25, -0.2) is 0 Å². The van der Waals surface area contributed by atoms with Crippen molar-refractivity contribution < 1.29 is 4.79 Å². The minimum Gasteiger partial charge on any atom is -0.353 e. The second-order valence-corrected chi connectivity index (χ2v) is 5.22. The molecular formula is C12H14BrNO. The van der Waals surface area contributed by atoms with E-state index in [1.165, 1.54) is 5.56 Å². The van der Waals surface area contributed by atoms with Gasteiger partial charge in [0, 0.05) is 22.4 Å². The maximum atomic E-state index is 11.4. The molecule has 1 fully saturated rings. The summed E-state index contributed by atoms with van der Waals surface area (Å²) in [5, 5.41) is 2.97. The van der Waals surface area contributed by atoms with Gasteiger partial charge >= 0.3 is 0 Å². The Balaban J connectivity index is 2.46. The number of carbonyl (C=O) groups is 1. The van der Waals surface area contributed by atoms with E-state index in [1.807, 2.05) is 18.2 Å². The van der Waals surface area contributed by atoms with Crippen LogP contribution in [0.3, 0.4) is 0 Å². The molecule has 0 radical (unpaired) electrons. The smallest absolute Gasteiger partial charge is 0.221 e. The first-order valence-electron chi connectivity index (χ1n) is 5.08. The van der Waals surface area contributed by atoms with Gasteiger partial charge in [0.2, 0.25) is 5.91 Å². The predicted molar refractivity (Wildman–Crippen MR) is 63.7 cm³/mol. The van der Waals surface area contributed by atoms with Gasteiger partial charge < -0.3 is 5.32 Å². The lowest BCUT2D eigenvalue weighted by Gasteiger charge is -2.29. The first-order valence-corrected chi connectivity index (χ1v) is 5.88. The van der Waals surface area contributed by atoms with Crippen molar-refractivity contribution in [1.82, 2.24) is 5.32 Å². The molecule has 80 valence electrons. The molecule has 0 aromatic heterocycles. The number of benzene rings is 1. The van der Waals surface area contributed by atoms with Crippen LogP contribution in [0.15, 0.2) is 28.7 Å². The van der Waals surface area contributed by atoms with Crippen molar-refractivity contribution in [2.24, 2.45) is 0 Å². The second kappa shape index (κ2) is 3.63. The Labute approximate surface area is 98.2 Å².